The summed E-state index contributed by atoms with van der Waals surface area (Å²) < 4.78 is 9.92. The summed E-state index contributed by atoms with van der Waals surface area (Å²) >= 11 is 0. The molecule has 4 N–H and O–H groups in total. The summed E-state index contributed by atoms with van der Waals surface area (Å²) in [5, 5.41) is 12.6. The van der Waals surface area contributed by atoms with Gasteiger partial charge in [0.2, 0.25) is 0 Å². The normalized spacial score (nSPS) is 9.86. The predicted molar refractivity (Wildman–Crippen MR) is 110 cm³/mol. The van der Waals surface area contributed by atoms with Crippen LogP contribution in [-0.2, 0) is 9.47 Å². The van der Waals surface area contributed by atoms with Crippen LogP contribution in [0, 0.1) is 0 Å². The molecule has 0 saturated carbocycles. The highest BCUT2D eigenvalue weighted by molar-refractivity contribution is 6.09. The Morgan fingerprint density at radius 2 is 1.21 bits per heavy atom. The molecule has 0 fully saturated rings. The molecule has 0 aliphatic carbocycles. The standard InChI is InChI=1S/C20H24N4O4/c1-3-27-13-11-21-19(25)23-17-9-10-18(16-8-6-5-7-15(16)17)24-20(26)22-12-14-28-4-2/h3-10H,1-2,11-14H2,(H2,21,23,25)(H2,22,24,26). The van der Waals surface area contributed by atoms with Crippen molar-refractivity contribution >= 4 is 34.2 Å². The summed E-state index contributed by atoms with van der Waals surface area (Å²) in [5.74, 6) is 0. The van der Waals surface area contributed by atoms with E-state index < -0.39 is 0 Å². The van der Waals surface area contributed by atoms with Gasteiger partial charge in [-0.1, -0.05) is 37.4 Å². The minimum absolute atomic E-state index is 0.341. The van der Waals surface area contributed by atoms with E-state index in [0.29, 0.717) is 37.7 Å². The Balaban J connectivity index is 2.05. The van der Waals surface area contributed by atoms with Gasteiger partial charge in [0.05, 0.1) is 37.0 Å². The van der Waals surface area contributed by atoms with E-state index in [1.807, 2.05) is 24.3 Å². The molecule has 0 aliphatic rings. The van der Waals surface area contributed by atoms with Crippen molar-refractivity contribution in [2.75, 3.05) is 36.9 Å². The average Bonchev–Trinajstić information content (AvgIpc) is 2.70. The Morgan fingerprint density at radius 3 is 1.61 bits per heavy atom. The zero-order chi connectivity index (χ0) is 20.2. The number of rotatable bonds is 10. The number of fused-ring (bicyclic) bond motifs is 1. The lowest BCUT2D eigenvalue weighted by atomic mass is 10.1. The van der Waals surface area contributed by atoms with Crippen LogP contribution in [0.5, 0.6) is 0 Å². The number of carbonyl (C=O) groups is 2. The molecule has 0 radical (unpaired) electrons. The summed E-state index contributed by atoms with van der Waals surface area (Å²) in [7, 11) is 0. The van der Waals surface area contributed by atoms with Gasteiger partial charge in [-0.3, -0.25) is 0 Å². The maximum Gasteiger partial charge on any atom is 0.319 e. The number of hydrogen-bond donors (Lipinski definition) is 4. The number of hydrogen-bond acceptors (Lipinski definition) is 4. The molecular formula is C20H24N4O4. The first-order valence-electron chi connectivity index (χ1n) is 8.72. The Hall–Kier alpha value is -3.68. The molecule has 0 bridgehead atoms. The number of nitrogens with one attached hydrogen (secondary N) is 4. The second-order valence-corrected chi connectivity index (χ2v) is 5.54. The second kappa shape index (κ2) is 11.1. The van der Waals surface area contributed by atoms with Crippen LogP contribution in [0.15, 0.2) is 62.1 Å². The molecule has 0 spiro atoms. The number of carbonyl (C=O) groups excluding carboxylic acids is 2. The van der Waals surface area contributed by atoms with Gasteiger partial charge in [0.25, 0.3) is 0 Å². The van der Waals surface area contributed by atoms with Crippen molar-refractivity contribution in [3.63, 3.8) is 0 Å². The van der Waals surface area contributed by atoms with E-state index in [1.54, 1.807) is 12.1 Å². The summed E-state index contributed by atoms with van der Waals surface area (Å²) in [5.41, 5.74) is 1.26. The van der Waals surface area contributed by atoms with Crippen LogP contribution in [0.3, 0.4) is 0 Å². The van der Waals surface area contributed by atoms with Crippen molar-refractivity contribution in [2.24, 2.45) is 0 Å². The van der Waals surface area contributed by atoms with Crippen LogP contribution in [0.1, 0.15) is 0 Å². The van der Waals surface area contributed by atoms with Crippen molar-refractivity contribution in [1.82, 2.24) is 10.6 Å². The van der Waals surface area contributed by atoms with E-state index in [4.69, 9.17) is 9.47 Å². The van der Waals surface area contributed by atoms with Gasteiger partial charge < -0.3 is 30.7 Å². The van der Waals surface area contributed by atoms with E-state index in [2.05, 4.69) is 34.4 Å². The molecule has 0 heterocycles. The van der Waals surface area contributed by atoms with Crippen molar-refractivity contribution < 1.29 is 19.1 Å². The highest BCUT2D eigenvalue weighted by Crippen LogP contribution is 2.30. The van der Waals surface area contributed by atoms with Gasteiger partial charge in [-0.2, -0.15) is 0 Å². The number of urea groups is 2. The van der Waals surface area contributed by atoms with Gasteiger partial charge in [0, 0.05) is 10.8 Å². The maximum atomic E-state index is 12.1. The Morgan fingerprint density at radius 1 is 0.786 bits per heavy atom. The van der Waals surface area contributed by atoms with E-state index in [1.165, 1.54) is 12.5 Å². The first-order valence-corrected chi connectivity index (χ1v) is 8.72. The second-order valence-electron chi connectivity index (χ2n) is 5.54. The fourth-order valence-electron chi connectivity index (χ4n) is 2.46. The zero-order valence-electron chi connectivity index (χ0n) is 15.5. The van der Waals surface area contributed by atoms with Crippen LogP contribution < -0.4 is 21.3 Å². The number of ether oxygens (including phenoxy) is 2. The molecule has 0 aromatic heterocycles. The third-order valence-electron chi connectivity index (χ3n) is 3.67. The van der Waals surface area contributed by atoms with E-state index >= 15 is 0 Å². The van der Waals surface area contributed by atoms with Crippen LogP contribution in [0.4, 0.5) is 21.0 Å². The fourth-order valence-corrected chi connectivity index (χ4v) is 2.46. The van der Waals surface area contributed by atoms with Gasteiger partial charge in [-0.15, -0.1) is 0 Å². The quantitative estimate of drug-likeness (QED) is 0.372. The van der Waals surface area contributed by atoms with E-state index in [0.717, 1.165) is 10.8 Å². The van der Waals surface area contributed by atoms with Crippen LogP contribution in [-0.4, -0.2) is 38.4 Å². The summed E-state index contributed by atoms with van der Waals surface area (Å²) in [6.07, 6.45) is 2.64. The number of benzene rings is 2. The summed E-state index contributed by atoms with van der Waals surface area (Å²) in [6, 6.07) is 10.2. The van der Waals surface area contributed by atoms with Gasteiger partial charge in [-0.05, 0) is 12.1 Å². The molecule has 8 nitrogen and oxygen atoms in total. The van der Waals surface area contributed by atoms with Crippen molar-refractivity contribution in [1.29, 1.82) is 0 Å². The number of anilines is 2. The van der Waals surface area contributed by atoms with Crippen LogP contribution >= 0.6 is 0 Å². The predicted octanol–water partition coefficient (Wildman–Crippen LogP) is 3.40. The SMILES string of the molecule is C=COCCNC(=O)Nc1ccc(NC(=O)NCCOC=C)c2ccccc12. The van der Waals surface area contributed by atoms with Crippen LogP contribution in [0.2, 0.25) is 0 Å². The van der Waals surface area contributed by atoms with Gasteiger partial charge in [0.15, 0.2) is 0 Å². The third-order valence-corrected chi connectivity index (χ3v) is 3.67. The molecule has 0 atom stereocenters. The molecule has 2 rings (SSSR count). The summed E-state index contributed by atoms with van der Waals surface area (Å²) in [6.45, 7) is 8.26. The molecule has 2 aromatic rings. The largest absolute Gasteiger partial charge is 0.500 e. The van der Waals surface area contributed by atoms with Gasteiger partial charge >= 0.3 is 12.1 Å². The molecule has 0 unspecified atom stereocenters. The molecule has 8 heteroatoms. The molecule has 0 aliphatic heterocycles. The molecule has 4 amide bonds. The third kappa shape index (κ3) is 6.24. The minimum Gasteiger partial charge on any atom is -0.500 e. The van der Waals surface area contributed by atoms with Crippen LogP contribution in [0.25, 0.3) is 10.8 Å². The lowest BCUT2D eigenvalue weighted by molar-refractivity contribution is 0.234. The summed E-state index contributed by atoms with van der Waals surface area (Å²) in [4.78, 5) is 24.1. The molecule has 2 aromatic carbocycles. The Kier molecular flexibility index (Phi) is 8.19. The van der Waals surface area contributed by atoms with Crippen molar-refractivity contribution in [3.05, 3.63) is 62.1 Å². The lowest BCUT2D eigenvalue weighted by Crippen LogP contribution is -2.32. The number of amides is 4. The Labute approximate surface area is 163 Å². The van der Waals surface area contributed by atoms with Crippen molar-refractivity contribution in [2.45, 2.75) is 0 Å². The molecule has 0 saturated heterocycles. The van der Waals surface area contributed by atoms with Gasteiger partial charge in [-0.25, -0.2) is 9.59 Å². The fraction of sp³-hybridized carbons (Fsp3) is 0.200. The monoisotopic (exact) mass is 384 g/mol. The smallest absolute Gasteiger partial charge is 0.319 e. The zero-order valence-corrected chi connectivity index (χ0v) is 15.5. The minimum atomic E-state index is -0.349. The van der Waals surface area contributed by atoms with E-state index in [9.17, 15) is 9.59 Å². The maximum absolute atomic E-state index is 12.1. The van der Waals surface area contributed by atoms with Gasteiger partial charge in [0.1, 0.15) is 13.2 Å². The first-order chi connectivity index (χ1) is 13.7. The highest BCUT2D eigenvalue weighted by Gasteiger charge is 2.10. The van der Waals surface area contributed by atoms with Crippen molar-refractivity contribution in [3.8, 4) is 0 Å². The molecule has 148 valence electrons. The first kappa shape index (κ1) is 20.6. The molecular weight excluding hydrogens is 360 g/mol. The highest BCUT2D eigenvalue weighted by atomic mass is 16.5. The Bertz CT molecular complexity index is 770. The topological polar surface area (TPSA) is 101 Å². The van der Waals surface area contributed by atoms with E-state index in [-0.39, 0.29) is 12.1 Å². The average molecular weight is 384 g/mol. The lowest BCUT2D eigenvalue weighted by Gasteiger charge is -2.14. The molecule has 28 heavy (non-hydrogen) atoms.